The molecule has 1 unspecified atom stereocenters. The van der Waals surface area contributed by atoms with Crippen molar-refractivity contribution in [3.05, 3.63) is 75.8 Å². The van der Waals surface area contributed by atoms with E-state index in [9.17, 15) is 19.7 Å². The Kier molecular flexibility index (Phi) is 7.02. The molecule has 3 aromatic rings. The van der Waals surface area contributed by atoms with Crippen LogP contribution in [-0.2, 0) is 16.1 Å². The number of amides is 2. The second kappa shape index (κ2) is 10.3. The van der Waals surface area contributed by atoms with Crippen LogP contribution in [0.15, 0.2) is 60.1 Å². The Hall–Kier alpha value is -3.99. The molecule has 0 N–H and O–H groups in total. The van der Waals surface area contributed by atoms with Crippen LogP contribution in [0.1, 0.15) is 18.4 Å². The smallest absolute Gasteiger partial charge is 0.410 e. The van der Waals surface area contributed by atoms with Crippen LogP contribution in [0.25, 0.3) is 0 Å². The molecule has 1 atom stereocenters. The molecule has 4 rings (SSSR count). The van der Waals surface area contributed by atoms with Crippen LogP contribution >= 0.6 is 11.3 Å². The SMILES string of the molecule is COc1ccc(N(C(=O)C2CCCN2C(=O)OCc2ccccc2)c2nccs2)cc1[N+](=O)[O-]. The molecule has 1 aliphatic heterocycles. The molecular weight excluding hydrogens is 460 g/mol. The van der Waals surface area contributed by atoms with Gasteiger partial charge in [-0.15, -0.1) is 11.3 Å². The molecule has 1 saturated heterocycles. The van der Waals surface area contributed by atoms with Gasteiger partial charge in [0.15, 0.2) is 10.9 Å². The number of benzene rings is 2. The van der Waals surface area contributed by atoms with Crippen LogP contribution in [0.4, 0.5) is 21.3 Å². The van der Waals surface area contributed by atoms with Crippen LogP contribution in [0.2, 0.25) is 0 Å². The number of carbonyl (C=O) groups excluding carboxylic acids is 2. The van der Waals surface area contributed by atoms with Gasteiger partial charge in [0.25, 0.3) is 5.91 Å². The van der Waals surface area contributed by atoms with Gasteiger partial charge >= 0.3 is 11.8 Å². The van der Waals surface area contributed by atoms with Crippen molar-refractivity contribution in [2.24, 2.45) is 0 Å². The minimum absolute atomic E-state index is 0.0762. The number of nitro benzene ring substituents is 1. The van der Waals surface area contributed by atoms with Crippen molar-refractivity contribution in [1.29, 1.82) is 0 Å². The molecule has 34 heavy (non-hydrogen) atoms. The zero-order valence-electron chi connectivity index (χ0n) is 18.3. The first-order chi connectivity index (χ1) is 16.5. The highest BCUT2D eigenvalue weighted by Gasteiger charge is 2.39. The number of hydrogen-bond donors (Lipinski definition) is 0. The van der Waals surface area contributed by atoms with E-state index in [0.29, 0.717) is 24.5 Å². The van der Waals surface area contributed by atoms with Crippen LogP contribution < -0.4 is 9.64 Å². The molecule has 176 valence electrons. The van der Waals surface area contributed by atoms with Crippen molar-refractivity contribution >= 4 is 39.8 Å². The summed E-state index contributed by atoms with van der Waals surface area (Å²) in [5.74, 6) is -0.337. The number of methoxy groups -OCH3 is 1. The predicted octanol–water partition coefficient (Wildman–Crippen LogP) is 4.53. The fourth-order valence-corrected chi connectivity index (χ4v) is 4.48. The molecule has 10 nitrogen and oxygen atoms in total. The summed E-state index contributed by atoms with van der Waals surface area (Å²) in [5, 5.41) is 13.6. The first kappa shape index (κ1) is 23.2. The molecule has 2 aromatic carbocycles. The summed E-state index contributed by atoms with van der Waals surface area (Å²) >= 11 is 1.21. The lowest BCUT2D eigenvalue weighted by atomic mass is 10.1. The Balaban J connectivity index is 1.60. The van der Waals surface area contributed by atoms with Crippen molar-refractivity contribution < 1.29 is 24.0 Å². The van der Waals surface area contributed by atoms with Gasteiger partial charge in [0.2, 0.25) is 0 Å². The lowest BCUT2D eigenvalue weighted by Gasteiger charge is -2.28. The number of nitrogens with zero attached hydrogens (tertiary/aromatic N) is 4. The number of nitro groups is 1. The third-order valence-electron chi connectivity index (χ3n) is 5.43. The number of carbonyl (C=O) groups is 2. The van der Waals surface area contributed by atoms with E-state index in [2.05, 4.69) is 4.98 Å². The van der Waals surface area contributed by atoms with E-state index in [4.69, 9.17) is 9.47 Å². The number of likely N-dealkylation sites (tertiary alicyclic amines) is 1. The quantitative estimate of drug-likeness (QED) is 0.359. The molecule has 0 saturated carbocycles. The van der Waals surface area contributed by atoms with Crippen LogP contribution in [0.5, 0.6) is 5.75 Å². The summed E-state index contributed by atoms with van der Waals surface area (Å²) in [7, 11) is 1.34. The van der Waals surface area contributed by atoms with E-state index in [-0.39, 0.29) is 23.7 Å². The summed E-state index contributed by atoms with van der Waals surface area (Å²) in [4.78, 5) is 44.4. The van der Waals surface area contributed by atoms with Crippen LogP contribution in [0.3, 0.4) is 0 Å². The molecular formula is C23H22N4O6S. The zero-order valence-corrected chi connectivity index (χ0v) is 19.1. The minimum atomic E-state index is -0.784. The fraction of sp³-hybridized carbons (Fsp3) is 0.261. The normalized spacial score (nSPS) is 15.1. The molecule has 1 aliphatic rings. The highest BCUT2D eigenvalue weighted by molar-refractivity contribution is 7.13. The first-order valence-electron chi connectivity index (χ1n) is 10.5. The largest absolute Gasteiger partial charge is 0.490 e. The number of anilines is 2. The highest BCUT2D eigenvalue weighted by Crippen LogP contribution is 2.36. The first-order valence-corrected chi connectivity index (χ1v) is 11.4. The van der Waals surface area contributed by atoms with Gasteiger partial charge in [0, 0.05) is 24.2 Å². The summed E-state index contributed by atoms with van der Waals surface area (Å²) < 4.78 is 10.5. The molecule has 2 heterocycles. The summed E-state index contributed by atoms with van der Waals surface area (Å²) in [6, 6.07) is 12.7. The number of thiazole rings is 1. The molecule has 0 radical (unpaired) electrons. The number of aromatic nitrogens is 1. The monoisotopic (exact) mass is 482 g/mol. The van der Waals surface area contributed by atoms with Gasteiger partial charge in [-0.3, -0.25) is 24.7 Å². The van der Waals surface area contributed by atoms with Crippen molar-refractivity contribution in [1.82, 2.24) is 9.88 Å². The van der Waals surface area contributed by atoms with E-state index in [1.807, 2.05) is 30.3 Å². The van der Waals surface area contributed by atoms with E-state index in [1.54, 1.807) is 17.6 Å². The summed E-state index contributed by atoms with van der Waals surface area (Å²) in [6.45, 7) is 0.469. The molecule has 11 heteroatoms. The predicted molar refractivity (Wildman–Crippen MR) is 125 cm³/mol. The Morgan fingerprint density at radius 3 is 2.74 bits per heavy atom. The molecule has 0 bridgehead atoms. The van der Waals surface area contributed by atoms with Gasteiger partial charge in [-0.25, -0.2) is 9.78 Å². The van der Waals surface area contributed by atoms with Crippen molar-refractivity contribution in [3.63, 3.8) is 0 Å². The number of ether oxygens (including phenoxy) is 2. The number of rotatable bonds is 7. The Bertz CT molecular complexity index is 1170. The molecule has 0 aliphatic carbocycles. The Morgan fingerprint density at radius 2 is 2.06 bits per heavy atom. The van der Waals surface area contributed by atoms with Crippen LogP contribution in [-0.4, -0.2) is 46.5 Å². The molecule has 2 amide bonds. The molecule has 1 fully saturated rings. The minimum Gasteiger partial charge on any atom is -0.490 e. The maximum Gasteiger partial charge on any atom is 0.410 e. The van der Waals surface area contributed by atoms with Gasteiger partial charge < -0.3 is 9.47 Å². The maximum absolute atomic E-state index is 13.7. The maximum atomic E-state index is 13.7. The summed E-state index contributed by atoms with van der Waals surface area (Å²) in [5.41, 5.74) is 0.824. The second-order valence-electron chi connectivity index (χ2n) is 7.49. The van der Waals surface area contributed by atoms with Crippen molar-refractivity contribution in [3.8, 4) is 5.75 Å². The van der Waals surface area contributed by atoms with Crippen molar-refractivity contribution in [2.75, 3.05) is 18.6 Å². The van der Waals surface area contributed by atoms with E-state index >= 15 is 0 Å². The van der Waals surface area contributed by atoms with Gasteiger partial charge in [-0.1, -0.05) is 30.3 Å². The number of hydrogen-bond acceptors (Lipinski definition) is 8. The summed E-state index contributed by atoms with van der Waals surface area (Å²) in [6.07, 6.45) is 2.03. The Morgan fingerprint density at radius 1 is 1.26 bits per heavy atom. The van der Waals surface area contributed by atoms with Gasteiger partial charge in [0.1, 0.15) is 12.6 Å². The van der Waals surface area contributed by atoms with E-state index in [0.717, 1.165) is 5.56 Å². The average molecular weight is 483 g/mol. The zero-order chi connectivity index (χ0) is 24.1. The van der Waals surface area contributed by atoms with Gasteiger partial charge in [-0.05, 0) is 30.5 Å². The van der Waals surface area contributed by atoms with Crippen LogP contribution in [0, 0.1) is 10.1 Å². The van der Waals surface area contributed by atoms with Crippen molar-refractivity contribution in [2.45, 2.75) is 25.5 Å². The third kappa shape index (κ3) is 4.84. The Labute approximate surface area is 199 Å². The topological polar surface area (TPSA) is 115 Å². The third-order valence-corrected chi connectivity index (χ3v) is 6.18. The standard InChI is InChI=1S/C23H22N4O6S/c1-32-20-10-9-17(14-19(20)27(30)31)26(22-24-11-13-34-22)21(28)18-8-5-12-25(18)23(29)33-15-16-6-3-2-4-7-16/h2-4,6-7,9-11,13-14,18H,5,8,12,15H2,1H3. The lowest BCUT2D eigenvalue weighted by molar-refractivity contribution is -0.385. The van der Waals surface area contributed by atoms with Gasteiger partial charge in [-0.2, -0.15) is 0 Å². The molecule has 0 spiro atoms. The highest BCUT2D eigenvalue weighted by atomic mass is 32.1. The van der Waals surface area contributed by atoms with E-state index < -0.39 is 23.0 Å². The molecule has 1 aromatic heterocycles. The fourth-order valence-electron chi connectivity index (χ4n) is 3.81. The average Bonchev–Trinajstić information content (AvgIpc) is 3.56. The lowest BCUT2D eigenvalue weighted by Crippen LogP contribution is -2.46. The second-order valence-corrected chi connectivity index (χ2v) is 8.37. The van der Waals surface area contributed by atoms with E-state index in [1.165, 1.54) is 40.4 Å². The van der Waals surface area contributed by atoms with Gasteiger partial charge in [0.05, 0.1) is 17.7 Å².